The summed E-state index contributed by atoms with van der Waals surface area (Å²) >= 11 is 0. The third-order valence-corrected chi connectivity index (χ3v) is 10.4. The van der Waals surface area contributed by atoms with Crippen LogP contribution >= 0.6 is 0 Å². The van der Waals surface area contributed by atoms with Crippen LogP contribution in [0.2, 0.25) is 0 Å². The number of benzene rings is 3. The van der Waals surface area contributed by atoms with Gasteiger partial charge in [-0.25, -0.2) is 0 Å². The number of carbonyl (C=O) groups excluding carboxylic acids is 1. The van der Waals surface area contributed by atoms with Gasteiger partial charge in [-0.3, -0.25) is 4.79 Å². The highest BCUT2D eigenvalue weighted by molar-refractivity contribution is 6.06. The maximum Gasteiger partial charge on any atom is 0.203 e. The first-order valence-corrected chi connectivity index (χ1v) is 15.3. The second-order valence-electron chi connectivity index (χ2n) is 12.4. The number of hydrogen-bond donors (Lipinski definition) is 0. The SMILES string of the molecule is COc1cc2c(cc1/C=C/C(=O)c1ccccc1)[C@H]1CC[C@]3(C)[C@@H](Oc4cc(OC)c(OC)c(OC)c4)CC[C@H]3[C@@H]1CC2. The Kier molecular flexibility index (Phi) is 8.13. The van der Waals surface area contributed by atoms with Gasteiger partial charge in [-0.1, -0.05) is 37.3 Å². The molecule has 0 saturated heterocycles. The van der Waals surface area contributed by atoms with Gasteiger partial charge in [0.25, 0.3) is 0 Å². The average molecular weight is 583 g/mol. The van der Waals surface area contributed by atoms with E-state index in [0.717, 1.165) is 49.2 Å². The highest BCUT2D eigenvalue weighted by Gasteiger charge is 2.56. The normalized spacial score (nSPS) is 25.8. The number of allylic oxidation sites excluding steroid dienone is 1. The molecule has 0 N–H and O–H groups in total. The number of carbonyl (C=O) groups is 1. The van der Waals surface area contributed by atoms with Crippen molar-refractivity contribution in [2.24, 2.45) is 17.3 Å². The summed E-state index contributed by atoms with van der Waals surface area (Å²) in [6, 6.07) is 17.7. The molecule has 0 bridgehead atoms. The molecule has 3 aliphatic carbocycles. The number of rotatable bonds is 9. The summed E-state index contributed by atoms with van der Waals surface area (Å²) in [4.78, 5) is 12.8. The maximum atomic E-state index is 12.8. The standard InChI is InChI=1S/C37H42O6/c1-37-18-17-27-28(30(37)14-16-35(37)43-26-21-33(40-3)36(42-5)34(22-26)41-4)13-11-24-20-32(39-2)25(19-29(24)27)12-15-31(38)23-9-7-6-8-10-23/h6-10,12,15,19-22,27-28,30,35H,11,13-14,16-18H2,1-5H3/b15-12+/t27-,28+,30-,35-,37-/m0/s1. The molecule has 0 aromatic heterocycles. The van der Waals surface area contributed by atoms with Crippen LogP contribution in [0.15, 0.2) is 60.7 Å². The summed E-state index contributed by atoms with van der Waals surface area (Å²) in [5.41, 5.74) is 4.56. The van der Waals surface area contributed by atoms with Gasteiger partial charge in [0, 0.05) is 28.7 Å². The number of hydrogen-bond acceptors (Lipinski definition) is 6. The molecule has 6 rings (SSSR count). The minimum absolute atomic E-state index is 0.00391. The van der Waals surface area contributed by atoms with Crippen molar-refractivity contribution in [3.8, 4) is 28.7 Å². The first-order chi connectivity index (χ1) is 20.9. The predicted octanol–water partition coefficient (Wildman–Crippen LogP) is 7.92. The fraction of sp³-hybridized carbons (Fsp3) is 0.432. The fourth-order valence-corrected chi connectivity index (χ4v) is 8.22. The summed E-state index contributed by atoms with van der Waals surface area (Å²) in [6.45, 7) is 2.44. The summed E-state index contributed by atoms with van der Waals surface area (Å²) in [5, 5.41) is 0. The molecule has 0 unspecified atom stereocenters. The van der Waals surface area contributed by atoms with Crippen molar-refractivity contribution in [1.29, 1.82) is 0 Å². The van der Waals surface area contributed by atoms with Crippen LogP contribution in [0.5, 0.6) is 28.7 Å². The van der Waals surface area contributed by atoms with E-state index in [1.807, 2.05) is 48.5 Å². The molecule has 0 amide bonds. The number of ketones is 1. The zero-order chi connectivity index (χ0) is 30.1. The number of ether oxygens (including phenoxy) is 5. The van der Waals surface area contributed by atoms with Crippen LogP contribution in [0.3, 0.4) is 0 Å². The average Bonchev–Trinajstić information content (AvgIpc) is 3.38. The van der Waals surface area contributed by atoms with Gasteiger partial charge in [0.1, 0.15) is 17.6 Å². The molecule has 6 heteroatoms. The minimum atomic E-state index is -0.00391. The van der Waals surface area contributed by atoms with Gasteiger partial charge in [-0.05, 0) is 91.7 Å². The zero-order valence-electron chi connectivity index (χ0n) is 25.9. The first kappa shape index (κ1) is 29.2. The molecule has 226 valence electrons. The number of aryl methyl sites for hydroxylation is 1. The van der Waals surface area contributed by atoms with Crippen molar-refractivity contribution >= 4 is 11.9 Å². The molecule has 2 fully saturated rings. The quantitative estimate of drug-likeness (QED) is 0.189. The van der Waals surface area contributed by atoms with E-state index in [2.05, 4.69) is 19.1 Å². The Morgan fingerprint density at radius 1 is 0.837 bits per heavy atom. The molecular formula is C37H42O6. The van der Waals surface area contributed by atoms with Crippen molar-refractivity contribution < 1.29 is 28.5 Å². The van der Waals surface area contributed by atoms with E-state index in [9.17, 15) is 4.79 Å². The van der Waals surface area contributed by atoms with Crippen molar-refractivity contribution in [2.45, 2.75) is 57.5 Å². The second kappa shape index (κ2) is 12.0. The molecule has 0 heterocycles. The predicted molar refractivity (Wildman–Crippen MR) is 168 cm³/mol. The lowest BCUT2D eigenvalue weighted by Gasteiger charge is -2.50. The Hall–Kier alpha value is -3.93. The molecule has 0 radical (unpaired) electrons. The van der Waals surface area contributed by atoms with E-state index in [0.29, 0.717) is 40.6 Å². The van der Waals surface area contributed by atoms with Crippen LogP contribution in [0.4, 0.5) is 0 Å². The highest BCUT2D eigenvalue weighted by Crippen LogP contribution is 2.62. The Morgan fingerprint density at radius 3 is 2.23 bits per heavy atom. The lowest BCUT2D eigenvalue weighted by Crippen LogP contribution is -2.45. The summed E-state index contributed by atoms with van der Waals surface area (Å²) in [6.07, 6.45) is 10.4. The Bertz CT molecular complexity index is 1490. The molecule has 6 nitrogen and oxygen atoms in total. The van der Waals surface area contributed by atoms with Crippen LogP contribution in [0.25, 0.3) is 6.08 Å². The number of methoxy groups -OCH3 is 4. The van der Waals surface area contributed by atoms with E-state index in [1.54, 1.807) is 34.5 Å². The summed E-state index contributed by atoms with van der Waals surface area (Å²) < 4.78 is 29.2. The van der Waals surface area contributed by atoms with Gasteiger partial charge in [0.05, 0.1) is 28.4 Å². The molecule has 43 heavy (non-hydrogen) atoms. The second-order valence-corrected chi connectivity index (χ2v) is 12.4. The molecule has 3 aromatic carbocycles. The van der Waals surface area contributed by atoms with Gasteiger partial charge < -0.3 is 23.7 Å². The smallest absolute Gasteiger partial charge is 0.203 e. The van der Waals surface area contributed by atoms with Gasteiger partial charge >= 0.3 is 0 Å². The summed E-state index contributed by atoms with van der Waals surface area (Å²) in [7, 11) is 6.59. The minimum Gasteiger partial charge on any atom is -0.496 e. The topological polar surface area (TPSA) is 63.2 Å². The van der Waals surface area contributed by atoms with Crippen molar-refractivity contribution in [3.05, 3.63) is 82.9 Å². The molecule has 2 saturated carbocycles. The molecule has 5 atom stereocenters. The van der Waals surface area contributed by atoms with Crippen molar-refractivity contribution in [2.75, 3.05) is 28.4 Å². The Morgan fingerprint density at radius 2 is 1.56 bits per heavy atom. The third kappa shape index (κ3) is 5.26. The third-order valence-electron chi connectivity index (χ3n) is 10.4. The molecular weight excluding hydrogens is 540 g/mol. The zero-order valence-corrected chi connectivity index (χ0v) is 25.9. The monoisotopic (exact) mass is 582 g/mol. The number of fused-ring (bicyclic) bond motifs is 5. The van der Waals surface area contributed by atoms with Gasteiger partial charge in [0.2, 0.25) is 5.75 Å². The molecule has 3 aromatic rings. The Balaban J connectivity index is 1.24. The van der Waals surface area contributed by atoms with Gasteiger partial charge in [0.15, 0.2) is 17.3 Å². The first-order valence-electron chi connectivity index (χ1n) is 15.3. The highest BCUT2D eigenvalue weighted by atomic mass is 16.5. The van der Waals surface area contributed by atoms with E-state index in [-0.39, 0.29) is 17.3 Å². The van der Waals surface area contributed by atoms with E-state index < -0.39 is 0 Å². The fourth-order valence-electron chi connectivity index (χ4n) is 8.22. The van der Waals surface area contributed by atoms with E-state index in [4.69, 9.17) is 23.7 Å². The maximum absolute atomic E-state index is 12.8. The molecule has 0 spiro atoms. The van der Waals surface area contributed by atoms with Crippen LogP contribution in [0, 0.1) is 17.3 Å². The van der Waals surface area contributed by atoms with Crippen LogP contribution in [-0.2, 0) is 6.42 Å². The van der Waals surface area contributed by atoms with Crippen molar-refractivity contribution in [1.82, 2.24) is 0 Å². The van der Waals surface area contributed by atoms with Gasteiger partial charge in [-0.2, -0.15) is 0 Å². The molecule has 3 aliphatic rings. The van der Waals surface area contributed by atoms with E-state index in [1.165, 1.54) is 17.5 Å². The lowest BCUT2D eigenvalue weighted by molar-refractivity contribution is -0.0108. The lowest BCUT2D eigenvalue weighted by atomic mass is 9.55. The van der Waals surface area contributed by atoms with Crippen molar-refractivity contribution in [3.63, 3.8) is 0 Å². The van der Waals surface area contributed by atoms with Crippen LogP contribution in [-0.4, -0.2) is 40.3 Å². The van der Waals surface area contributed by atoms with Gasteiger partial charge in [-0.15, -0.1) is 0 Å². The van der Waals surface area contributed by atoms with E-state index >= 15 is 0 Å². The van der Waals surface area contributed by atoms with Crippen LogP contribution < -0.4 is 23.7 Å². The van der Waals surface area contributed by atoms with Crippen LogP contribution in [0.1, 0.15) is 72.0 Å². The largest absolute Gasteiger partial charge is 0.496 e. The Labute approximate surface area is 255 Å². The summed E-state index contributed by atoms with van der Waals surface area (Å²) in [5.74, 6) is 5.07. The molecule has 0 aliphatic heterocycles.